The van der Waals surface area contributed by atoms with Crippen LogP contribution >= 0.6 is 11.6 Å². The van der Waals surface area contributed by atoms with Gasteiger partial charge in [0.15, 0.2) is 5.75 Å². The van der Waals surface area contributed by atoms with Gasteiger partial charge >= 0.3 is 6.18 Å². The van der Waals surface area contributed by atoms with Crippen LogP contribution in [0.15, 0.2) is 18.5 Å². The Kier molecular flexibility index (Phi) is 4.22. The van der Waals surface area contributed by atoms with Gasteiger partial charge in [-0.1, -0.05) is 11.6 Å². The minimum atomic E-state index is -4.63. The van der Waals surface area contributed by atoms with Gasteiger partial charge in [-0.2, -0.15) is 13.2 Å². The summed E-state index contributed by atoms with van der Waals surface area (Å²) in [5.41, 5.74) is 4.91. The molecule has 6 nitrogen and oxygen atoms in total. The lowest BCUT2D eigenvalue weighted by molar-refractivity contribution is -0.137. The van der Waals surface area contributed by atoms with Crippen LogP contribution in [0.3, 0.4) is 0 Å². The van der Waals surface area contributed by atoms with Gasteiger partial charge < -0.3 is 15.4 Å². The van der Waals surface area contributed by atoms with Crippen LogP contribution in [0.25, 0.3) is 22.2 Å². The number of aromatic nitrogens is 3. The van der Waals surface area contributed by atoms with Gasteiger partial charge in [0.1, 0.15) is 24.6 Å². The van der Waals surface area contributed by atoms with Gasteiger partial charge in [0.2, 0.25) is 0 Å². The second-order valence-electron chi connectivity index (χ2n) is 6.51. The number of ether oxygens (including phenoxy) is 1. The van der Waals surface area contributed by atoms with E-state index >= 15 is 0 Å². The Morgan fingerprint density at radius 1 is 1.25 bits per heavy atom. The topological polar surface area (TPSA) is 77.2 Å². The Morgan fingerprint density at radius 2 is 2.00 bits per heavy atom. The molecule has 3 heterocycles. The normalized spacial score (nSPS) is 14.1. The minimum Gasteiger partial charge on any atom is -0.489 e. The summed E-state index contributed by atoms with van der Waals surface area (Å²) in [6.07, 6.45) is -3.28. The van der Waals surface area contributed by atoms with E-state index in [1.54, 1.807) is 0 Å². The molecule has 0 atom stereocenters. The Bertz CT molecular complexity index is 1100. The molecule has 4 rings (SSSR count). The molecule has 0 fully saturated rings. The molecule has 1 aliphatic rings. The average Bonchev–Trinajstić information content (AvgIpc) is 2.77. The molecular formula is C18H15ClF3N5O. The van der Waals surface area contributed by atoms with E-state index < -0.39 is 11.7 Å². The van der Waals surface area contributed by atoms with Crippen molar-refractivity contribution in [3.05, 3.63) is 34.6 Å². The first kappa shape index (κ1) is 18.5. The fraction of sp³-hybridized carbons (Fsp3) is 0.278. The van der Waals surface area contributed by atoms with Crippen LogP contribution in [0.1, 0.15) is 11.1 Å². The number of aryl methyl sites for hydroxylation is 1. The van der Waals surface area contributed by atoms with Crippen molar-refractivity contribution in [1.82, 2.24) is 15.0 Å². The number of halogens is 4. The molecule has 146 valence electrons. The highest BCUT2D eigenvalue weighted by Crippen LogP contribution is 2.47. The van der Waals surface area contributed by atoms with Crippen LogP contribution in [0.4, 0.5) is 24.8 Å². The summed E-state index contributed by atoms with van der Waals surface area (Å²) >= 11 is 6.53. The lowest BCUT2D eigenvalue weighted by Crippen LogP contribution is -2.22. The molecule has 0 unspecified atom stereocenters. The van der Waals surface area contributed by atoms with Crippen LogP contribution in [-0.4, -0.2) is 35.2 Å². The first-order valence-corrected chi connectivity index (χ1v) is 8.72. The number of rotatable bonds is 1. The van der Waals surface area contributed by atoms with E-state index in [2.05, 4.69) is 15.0 Å². The van der Waals surface area contributed by atoms with Gasteiger partial charge in [0, 0.05) is 12.6 Å². The molecule has 28 heavy (non-hydrogen) atoms. The van der Waals surface area contributed by atoms with E-state index in [1.165, 1.54) is 25.4 Å². The standard InChI is InChI=1S/C18H15ClF3N5O/c1-8-5-11(23)26-15(13(8)18(20,21)22)9-6-10-12-16(14(9)19)28-4-3-27(2)17(12)25-7-24-10/h5-7H,3-4H2,1-2H3,(H2,23,26). The van der Waals surface area contributed by atoms with Gasteiger partial charge in [-0.3, -0.25) is 0 Å². The third kappa shape index (κ3) is 2.86. The predicted octanol–water partition coefficient (Wildman–Crippen LogP) is 4.08. The third-order valence-corrected chi connectivity index (χ3v) is 4.99. The van der Waals surface area contributed by atoms with Crippen molar-refractivity contribution in [2.24, 2.45) is 0 Å². The van der Waals surface area contributed by atoms with Crippen LogP contribution in [-0.2, 0) is 6.18 Å². The van der Waals surface area contributed by atoms with E-state index in [0.29, 0.717) is 29.9 Å². The zero-order valence-electron chi connectivity index (χ0n) is 14.9. The molecule has 2 N–H and O–H groups in total. The molecular weight excluding hydrogens is 395 g/mol. The maximum atomic E-state index is 13.8. The number of nitrogens with zero attached hydrogens (tertiary/aromatic N) is 4. The fourth-order valence-corrected chi connectivity index (χ4v) is 3.68. The highest BCUT2D eigenvalue weighted by molar-refractivity contribution is 6.36. The molecule has 10 heteroatoms. The molecule has 0 radical (unpaired) electrons. The molecule has 3 aromatic rings. The number of benzene rings is 1. The molecule has 0 spiro atoms. The first-order valence-electron chi connectivity index (χ1n) is 8.34. The Labute approximate surface area is 163 Å². The zero-order chi connectivity index (χ0) is 20.2. The number of hydrogen-bond acceptors (Lipinski definition) is 6. The lowest BCUT2D eigenvalue weighted by Gasteiger charge is -2.19. The summed E-state index contributed by atoms with van der Waals surface area (Å²) in [7, 11) is 1.84. The number of alkyl halides is 3. The van der Waals surface area contributed by atoms with Crippen molar-refractivity contribution < 1.29 is 17.9 Å². The van der Waals surface area contributed by atoms with Crippen molar-refractivity contribution in [2.45, 2.75) is 13.1 Å². The minimum absolute atomic E-state index is 0.0156. The summed E-state index contributed by atoms with van der Waals surface area (Å²) in [6, 6.07) is 2.65. The molecule has 0 bridgehead atoms. The summed E-state index contributed by atoms with van der Waals surface area (Å²) < 4.78 is 47.1. The SMILES string of the molecule is Cc1cc(N)nc(-c2cc3ncnc4c3c(c2Cl)OCCN4C)c1C(F)(F)F. The second kappa shape index (κ2) is 6.37. The van der Waals surface area contributed by atoms with E-state index in [1.807, 2.05) is 11.9 Å². The highest BCUT2D eigenvalue weighted by Gasteiger charge is 2.38. The van der Waals surface area contributed by atoms with Crippen LogP contribution in [0.5, 0.6) is 5.75 Å². The van der Waals surface area contributed by atoms with E-state index in [4.69, 9.17) is 22.1 Å². The maximum absolute atomic E-state index is 13.8. The number of nitrogens with two attached hydrogens (primary N) is 1. The molecule has 1 aromatic carbocycles. The Balaban J connectivity index is 2.10. The van der Waals surface area contributed by atoms with Crippen molar-refractivity contribution in [1.29, 1.82) is 0 Å². The van der Waals surface area contributed by atoms with E-state index in [9.17, 15) is 13.2 Å². The zero-order valence-corrected chi connectivity index (χ0v) is 15.7. The van der Waals surface area contributed by atoms with E-state index in [-0.39, 0.29) is 33.4 Å². The Hall–Kier alpha value is -2.81. The summed E-state index contributed by atoms with van der Waals surface area (Å²) in [4.78, 5) is 14.3. The van der Waals surface area contributed by atoms with Gasteiger partial charge in [-0.05, 0) is 24.6 Å². The van der Waals surface area contributed by atoms with Gasteiger partial charge in [-0.25, -0.2) is 15.0 Å². The van der Waals surface area contributed by atoms with Crippen LogP contribution in [0, 0.1) is 6.92 Å². The first-order chi connectivity index (χ1) is 13.2. The fourth-order valence-electron chi connectivity index (χ4n) is 3.39. The van der Waals surface area contributed by atoms with Crippen LogP contribution in [0.2, 0.25) is 5.02 Å². The molecule has 0 saturated carbocycles. The van der Waals surface area contributed by atoms with Gasteiger partial charge in [0.05, 0.1) is 33.7 Å². The average molecular weight is 410 g/mol. The molecule has 1 aliphatic heterocycles. The number of likely N-dealkylation sites (N-methyl/N-ethyl adjacent to an activating group) is 1. The van der Waals surface area contributed by atoms with Gasteiger partial charge in [-0.15, -0.1) is 0 Å². The van der Waals surface area contributed by atoms with Gasteiger partial charge in [0.25, 0.3) is 0 Å². The van der Waals surface area contributed by atoms with Crippen molar-refractivity contribution >= 4 is 34.1 Å². The molecule has 2 aromatic heterocycles. The number of pyridine rings is 1. The highest BCUT2D eigenvalue weighted by atomic mass is 35.5. The second-order valence-corrected chi connectivity index (χ2v) is 6.89. The van der Waals surface area contributed by atoms with Crippen molar-refractivity contribution in [3.8, 4) is 17.0 Å². The predicted molar refractivity (Wildman–Crippen MR) is 101 cm³/mol. The largest absolute Gasteiger partial charge is 0.489 e. The molecule has 0 amide bonds. The summed E-state index contributed by atoms with van der Waals surface area (Å²) in [5, 5.41) is 0.562. The van der Waals surface area contributed by atoms with Crippen molar-refractivity contribution in [3.63, 3.8) is 0 Å². The summed E-state index contributed by atoms with van der Waals surface area (Å²) in [6.45, 7) is 2.16. The smallest absolute Gasteiger partial charge is 0.418 e. The monoisotopic (exact) mass is 409 g/mol. The van der Waals surface area contributed by atoms with E-state index in [0.717, 1.165) is 0 Å². The molecule has 0 saturated heterocycles. The quantitative estimate of drug-likeness (QED) is 0.652. The number of hydrogen-bond donors (Lipinski definition) is 1. The number of nitrogen functional groups attached to an aromatic ring is 1. The third-order valence-electron chi connectivity index (χ3n) is 4.61. The lowest BCUT2D eigenvalue weighted by atomic mass is 9.99. The maximum Gasteiger partial charge on any atom is 0.418 e. The van der Waals surface area contributed by atoms with Crippen LogP contribution < -0.4 is 15.4 Å². The van der Waals surface area contributed by atoms with Crippen molar-refractivity contribution in [2.75, 3.05) is 30.8 Å². The number of anilines is 2. The Morgan fingerprint density at radius 3 is 2.71 bits per heavy atom. The molecule has 0 aliphatic carbocycles. The summed E-state index contributed by atoms with van der Waals surface area (Å²) in [5.74, 6) is 0.800.